The Hall–Kier alpha value is -2.41. The van der Waals surface area contributed by atoms with Crippen LogP contribution in [0.1, 0.15) is 44.0 Å². The summed E-state index contributed by atoms with van der Waals surface area (Å²) in [4.78, 5) is 8.73. The van der Waals surface area contributed by atoms with Gasteiger partial charge in [-0.15, -0.1) is 0 Å². The topological polar surface area (TPSA) is 75.6 Å². The minimum absolute atomic E-state index is 0.234. The van der Waals surface area contributed by atoms with Crippen molar-refractivity contribution in [3.8, 4) is 17.2 Å². The van der Waals surface area contributed by atoms with Crippen LogP contribution >= 0.6 is 0 Å². The monoisotopic (exact) mass is 306 g/mol. The van der Waals surface area contributed by atoms with Crippen LogP contribution in [0.25, 0.3) is 11.1 Å². The largest absolute Gasteiger partial charge is 0.383 e. The number of fused-ring (bicyclic) bond motifs is 1. The summed E-state index contributed by atoms with van der Waals surface area (Å²) >= 11 is 0. The molecule has 0 fully saturated rings. The van der Waals surface area contributed by atoms with Gasteiger partial charge in [0.1, 0.15) is 17.5 Å². The SMILES string of the molecule is CC(C)(C)C1CCc2nc(N)c(C#N)c(-c3cccnc3)c2C1. The molecular formula is C19H22N4. The molecular weight excluding hydrogens is 284 g/mol. The van der Waals surface area contributed by atoms with Gasteiger partial charge in [0, 0.05) is 29.2 Å². The van der Waals surface area contributed by atoms with Gasteiger partial charge < -0.3 is 5.73 Å². The van der Waals surface area contributed by atoms with Crippen molar-refractivity contribution >= 4 is 5.82 Å². The van der Waals surface area contributed by atoms with E-state index >= 15 is 0 Å². The zero-order valence-corrected chi connectivity index (χ0v) is 13.9. The highest BCUT2D eigenvalue weighted by Gasteiger charge is 2.32. The molecule has 0 aliphatic heterocycles. The Morgan fingerprint density at radius 1 is 1.35 bits per heavy atom. The van der Waals surface area contributed by atoms with Crippen LogP contribution in [0, 0.1) is 22.7 Å². The first-order valence-corrected chi connectivity index (χ1v) is 8.03. The third-order valence-electron chi connectivity index (χ3n) is 4.88. The lowest BCUT2D eigenvalue weighted by molar-refractivity contribution is 0.215. The van der Waals surface area contributed by atoms with E-state index in [1.807, 2.05) is 12.1 Å². The first-order chi connectivity index (χ1) is 10.9. The number of pyridine rings is 2. The number of nitrogens with zero attached hydrogens (tertiary/aromatic N) is 3. The summed E-state index contributed by atoms with van der Waals surface area (Å²) in [7, 11) is 0. The number of aromatic nitrogens is 2. The first-order valence-electron chi connectivity index (χ1n) is 8.03. The summed E-state index contributed by atoms with van der Waals surface area (Å²) in [6, 6.07) is 6.13. The highest BCUT2D eigenvalue weighted by atomic mass is 14.9. The molecule has 0 radical (unpaired) electrons. The minimum Gasteiger partial charge on any atom is -0.383 e. The van der Waals surface area contributed by atoms with Crippen molar-refractivity contribution in [1.82, 2.24) is 9.97 Å². The molecule has 1 aliphatic rings. The molecule has 4 nitrogen and oxygen atoms in total. The van der Waals surface area contributed by atoms with Crippen LogP contribution < -0.4 is 5.73 Å². The van der Waals surface area contributed by atoms with Gasteiger partial charge in [0.15, 0.2) is 0 Å². The van der Waals surface area contributed by atoms with E-state index < -0.39 is 0 Å². The van der Waals surface area contributed by atoms with E-state index in [0.29, 0.717) is 17.3 Å². The summed E-state index contributed by atoms with van der Waals surface area (Å²) in [6.07, 6.45) is 6.51. The summed E-state index contributed by atoms with van der Waals surface area (Å²) in [5, 5.41) is 9.60. The number of rotatable bonds is 1. The molecule has 0 aromatic carbocycles. The van der Waals surface area contributed by atoms with Crippen LogP contribution in [0.15, 0.2) is 24.5 Å². The molecule has 0 bridgehead atoms. The number of anilines is 1. The molecule has 1 atom stereocenters. The van der Waals surface area contributed by atoms with Gasteiger partial charge in [0.05, 0.1) is 0 Å². The summed E-state index contributed by atoms with van der Waals surface area (Å²) in [5.41, 5.74) is 10.9. The van der Waals surface area contributed by atoms with Crippen LogP contribution in [0.5, 0.6) is 0 Å². The molecule has 3 rings (SSSR count). The molecule has 2 aromatic heterocycles. The lowest BCUT2D eigenvalue weighted by atomic mass is 9.70. The van der Waals surface area contributed by atoms with Crippen LogP contribution in [-0.4, -0.2) is 9.97 Å². The van der Waals surface area contributed by atoms with E-state index in [-0.39, 0.29) is 5.41 Å². The van der Waals surface area contributed by atoms with Gasteiger partial charge in [-0.2, -0.15) is 5.26 Å². The Kier molecular flexibility index (Phi) is 3.81. The maximum Gasteiger partial charge on any atom is 0.142 e. The van der Waals surface area contributed by atoms with Crippen LogP contribution in [-0.2, 0) is 12.8 Å². The zero-order chi connectivity index (χ0) is 16.6. The zero-order valence-electron chi connectivity index (χ0n) is 13.9. The first kappa shape index (κ1) is 15.5. The second kappa shape index (κ2) is 5.66. The molecule has 0 saturated carbocycles. The molecule has 0 amide bonds. The maximum absolute atomic E-state index is 9.60. The van der Waals surface area contributed by atoms with Crippen LogP contribution in [0.4, 0.5) is 5.82 Å². The predicted molar refractivity (Wildman–Crippen MR) is 91.6 cm³/mol. The number of nitriles is 1. The van der Waals surface area contributed by atoms with Crippen molar-refractivity contribution in [2.45, 2.75) is 40.0 Å². The number of hydrogen-bond acceptors (Lipinski definition) is 4. The van der Waals surface area contributed by atoms with Gasteiger partial charge in [-0.05, 0) is 42.2 Å². The predicted octanol–water partition coefficient (Wildman–Crippen LogP) is 3.75. The van der Waals surface area contributed by atoms with Crippen LogP contribution in [0.3, 0.4) is 0 Å². The lowest BCUT2D eigenvalue weighted by Crippen LogP contribution is -2.28. The summed E-state index contributed by atoms with van der Waals surface area (Å²) in [6.45, 7) is 6.84. The molecule has 2 aromatic rings. The Bertz CT molecular complexity index is 767. The van der Waals surface area contributed by atoms with Crippen LogP contribution in [0.2, 0.25) is 0 Å². The number of aryl methyl sites for hydroxylation is 1. The maximum atomic E-state index is 9.60. The molecule has 1 unspecified atom stereocenters. The molecule has 0 spiro atoms. The third-order valence-corrected chi connectivity index (χ3v) is 4.88. The van der Waals surface area contributed by atoms with E-state index in [1.54, 1.807) is 12.4 Å². The molecule has 23 heavy (non-hydrogen) atoms. The van der Waals surface area contributed by atoms with Gasteiger partial charge in [0.25, 0.3) is 0 Å². The lowest BCUT2D eigenvalue weighted by Gasteiger charge is -2.35. The van der Waals surface area contributed by atoms with E-state index in [0.717, 1.165) is 36.1 Å². The fourth-order valence-corrected chi connectivity index (χ4v) is 3.46. The Balaban J connectivity index is 2.22. The molecule has 1 aliphatic carbocycles. The molecule has 4 heteroatoms. The summed E-state index contributed by atoms with van der Waals surface area (Å²) in [5.74, 6) is 0.904. The number of nitrogen functional groups attached to an aromatic ring is 1. The molecule has 2 N–H and O–H groups in total. The standard InChI is InChI=1S/C19H22N4/c1-19(2,3)13-6-7-16-14(9-13)17(12-5-4-8-22-11-12)15(10-20)18(21)23-16/h4-5,8,11,13H,6-7,9H2,1-3H3,(H2,21,23). The highest BCUT2D eigenvalue weighted by Crippen LogP contribution is 2.42. The van der Waals surface area contributed by atoms with E-state index in [2.05, 4.69) is 36.8 Å². The number of nitrogens with two attached hydrogens (primary N) is 1. The van der Waals surface area contributed by atoms with Crippen molar-refractivity contribution in [2.24, 2.45) is 11.3 Å². The fourth-order valence-electron chi connectivity index (χ4n) is 3.46. The van der Waals surface area contributed by atoms with E-state index in [9.17, 15) is 5.26 Å². The average Bonchev–Trinajstić information content (AvgIpc) is 2.53. The fraction of sp³-hybridized carbons (Fsp3) is 0.421. The molecule has 2 heterocycles. The highest BCUT2D eigenvalue weighted by molar-refractivity contribution is 5.78. The van der Waals surface area contributed by atoms with Gasteiger partial charge in [-0.1, -0.05) is 26.8 Å². The average molecular weight is 306 g/mol. The van der Waals surface area contributed by atoms with Crippen molar-refractivity contribution < 1.29 is 0 Å². The van der Waals surface area contributed by atoms with Crippen molar-refractivity contribution in [1.29, 1.82) is 5.26 Å². The normalized spacial score (nSPS) is 17.4. The quantitative estimate of drug-likeness (QED) is 0.870. The molecule has 0 saturated heterocycles. The van der Waals surface area contributed by atoms with E-state index in [1.165, 1.54) is 5.56 Å². The van der Waals surface area contributed by atoms with Crippen molar-refractivity contribution in [2.75, 3.05) is 5.73 Å². The second-order valence-corrected chi connectivity index (χ2v) is 7.33. The Morgan fingerprint density at radius 2 is 2.13 bits per heavy atom. The van der Waals surface area contributed by atoms with Crippen molar-refractivity contribution in [3.05, 3.63) is 41.3 Å². The van der Waals surface area contributed by atoms with E-state index in [4.69, 9.17) is 5.73 Å². The molecule has 118 valence electrons. The smallest absolute Gasteiger partial charge is 0.142 e. The van der Waals surface area contributed by atoms with Gasteiger partial charge >= 0.3 is 0 Å². The van der Waals surface area contributed by atoms with Gasteiger partial charge in [-0.3, -0.25) is 4.98 Å². The van der Waals surface area contributed by atoms with Gasteiger partial charge in [-0.25, -0.2) is 4.98 Å². The van der Waals surface area contributed by atoms with Gasteiger partial charge in [0.2, 0.25) is 0 Å². The van der Waals surface area contributed by atoms with Crippen molar-refractivity contribution in [3.63, 3.8) is 0 Å². The number of hydrogen-bond donors (Lipinski definition) is 1. The Labute approximate surface area is 137 Å². The Morgan fingerprint density at radius 3 is 2.74 bits per heavy atom. The third kappa shape index (κ3) is 2.79. The summed E-state index contributed by atoms with van der Waals surface area (Å²) < 4.78 is 0. The second-order valence-electron chi connectivity index (χ2n) is 7.33. The minimum atomic E-state index is 0.234.